The molecular weight excluding hydrogens is 220 g/mol. The molecule has 90 valence electrons. The number of rotatable bonds is 3. The molecule has 1 heterocycles. The minimum atomic E-state index is 0.175. The van der Waals surface area contributed by atoms with Crippen molar-refractivity contribution in [2.24, 2.45) is 23.6 Å². The third-order valence-electron chi connectivity index (χ3n) is 3.99. The summed E-state index contributed by atoms with van der Waals surface area (Å²) >= 11 is 1.39. The molecule has 16 heavy (non-hydrogen) atoms. The molecule has 0 spiro atoms. The molecule has 0 radical (unpaired) electrons. The zero-order valence-electron chi connectivity index (χ0n) is 9.89. The van der Waals surface area contributed by atoms with Crippen LogP contribution in [0.5, 0.6) is 0 Å². The highest BCUT2D eigenvalue weighted by atomic mass is 32.1. The van der Waals surface area contributed by atoms with Crippen molar-refractivity contribution in [3.63, 3.8) is 0 Å². The average molecular weight is 240 g/mol. The number of nitrogens with one attached hydrogen (secondary N) is 1. The van der Waals surface area contributed by atoms with Gasteiger partial charge in [-0.05, 0) is 42.1 Å². The van der Waals surface area contributed by atoms with E-state index in [1.54, 1.807) is 0 Å². The SMILES string of the molecule is CC1CCC(C(NN)c2csnn2)CC1C. The van der Waals surface area contributed by atoms with E-state index >= 15 is 0 Å². The Balaban J connectivity index is 2.05. The van der Waals surface area contributed by atoms with Crippen LogP contribution in [0.15, 0.2) is 5.38 Å². The van der Waals surface area contributed by atoms with E-state index in [9.17, 15) is 0 Å². The highest BCUT2D eigenvalue weighted by Crippen LogP contribution is 2.39. The van der Waals surface area contributed by atoms with Crippen molar-refractivity contribution in [2.45, 2.75) is 39.2 Å². The number of hydrogen-bond donors (Lipinski definition) is 2. The van der Waals surface area contributed by atoms with E-state index in [1.165, 1.54) is 30.8 Å². The highest BCUT2D eigenvalue weighted by molar-refractivity contribution is 7.03. The fourth-order valence-corrected chi connectivity index (χ4v) is 3.15. The topological polar surface area (TPSA) is 63.8 Å². The van der Waals surface area contributed by atoms with Crippen LogP contribution in [0.2, 0.25) is 0 Å². The van der Waals surface area contributed by atoms with E-state index in [-0.39, 0.29) is 6.04 Å². The first-order valence-corrected chi connectivity index (χ1v) is 6.79. The van der Waals surface area contributed by atoms with Crippen LogP contribution in [0.1, 0.15) is 44.8 Å². The molecule has 2 rings (SSSR count). The van der Waals surface area contributed by atoms with Gasteiger partial charge in [-0.1, -0.05) is 24.8 Å². The monoisotopic (exact) mass is 240 g/mol. The molecule has 0 aromatic carbocycles. The van der Waals surface area contributed by atoms with E-state index in [0.29, 0.717) is 5.92 Å². The Labute approximate surface area is 101 Å². The minimum Gasteiger partial charge on any atom is -0.271 e. The van der Waals surface area contributed by atoms with Crippen molar-refractivity contribution in [1.82, 2.24) is 15.0 Å². The summed E-state index contributed by atoms with van der Waals surface area (Å²) < 4.78 is 3.92. The molecule has 4 unspecified atom stereocenters. The maximum absolute atomic E-state index is 5.66. The Morgan fingerprint density at radius 1 is 1.44 bits per heavy atom. The van der Waals surface area contributed by atoms with E-state index in [0.717, 1.165) is 17.5 Å². The Hall–Kier alpha value is -0.520. The molecule has 4 nitrogen and oxygen atoms in total. The molecular formula is C11H20N4S. The lowest BCUT2D eigenvalue weighted by atomic mass is 9.73. The summed E-state index contributed by atoms with van der Waals surface area (Å²) in [4.78, 5) is 0. The van der Waals surface area contributed by atoms with Gasteiger partial charge in [0.25, 0.3) is 0 Å². The zero-order chi connectivity index (χ0) is 11.5. The summed E-state index contributed by atoms with van der Waals surface area (Å²) in [5.74, 6) is 7.87. The second kappa shape index (κ2) is 5.21. The summed E-state index contributed by atoms with van der Waals surface area (Å²) in [5, 5.41) is 6.13. The van der Waals surface area contributed by atoms with Crippen LogP contribution in [0, 0.1) is 17.8 Å². The molecule has 5 heteroatoms. The average Bonchev–Trinajstić information content (AvgIpc) is 2.78. The normalized spacial score (nSPS) is 32.6. The van der Waals surface area contributed by atoms with Gasteiger partial charge < -0.3 is 0 Å². The van der Waals surface area contributed by atoms with Crippen molar-refractivity contribution in [3.05, 3.63) is 11.1 Å². The Morgan fingerprint density at radius 3 is 2.81 bits per heavy atom. The molecule has 1 fully saturated rings. The third kappa shape index (κ3) is 2.42. The first kappa shape index (κ1) is 12.0. The summed E-state index contributed by atoms with van der Waals surface area (Å²) in [6.45, 7) is 4.68. The maximum atomic E-state index is 5.66. The van der Waals surface area contributed by atoms with Crippen LogP contribution >= 0.6 is 11.5 Å². The van der Waals surface area contributed by atoms with Crippen LogP contribution in [0.25, 0.3) is 0 Å². The van der Waals surface area contributed by atoms with Crippen LogP contribution in [0.3, 0.4) is 0 Å². The fourth-order valence-electron chi connectivity index (χ4n) is 2.66. The van der Waals surface area contributed by atoms with Crippen LogP contribution in [-0.4, -0.2) is 9.59 Å². The molecule has 1 aliphatic rings. The zero-order valence-corrected chi connectivity index (χ0v) is 10.7. The first-order chi connectivity index (χ1) is 7.72. The second-order valence-corrected chi connectivity index (χ2v) is 5.61. The molecule has 1 aliphatic carbocycles. The quantitative estimate of drug-likeness (QED) is 0.627. The number of nitrogens with zero attached hydrogens (tertiary/aromatic N) is 2. The van der Waals surface area contributed by atoms with Gasteiger partial charge >= 0.3 is 0 Å². The Morgan fingerprint density at radius 2 is 2.25 bits per heavy atom. The third-order valence-corrected chi connectivity index (χ3v) is 4.51. The van der Waals surface area contributed by atoms with Crippen molar-refractivity contribution in [1.29, 1.82) is 0 Å². The second-order valence-electron chi connectivity index (χ2n) is 5.00. The lowest BCUT2D eigenvalue weighted by Gasteiger charge is -2.35. The molecule has 0 saturated heterocycles. The van der Waals surface area contributed by atoms with E-state index in [1.807, 2.05) is 5.38 Å². The number of hydrazine groups is 1. The smallest absolute Gasteiger partial charge is 0.0941 e. The van der Waals surface area contributed by atoms with Gasteiger partial charge in [0.05, 0.1) is 11.7 Å². The van der Waals surface area contributed by atoms with Crippen molar-refractivity contribution >= 4 is 11.5 Å². The van der Waals surface area contributed by atoms with Gasteiger partial charge in [-0.15, -0.1) is 5.10 Å². The van der Waals surface area contributed by atoms with Gasteiger partial charge in [0, 0.05) is 5.38 Å². The molecule has 0 amide bonds. The standard InChI is InChI=1S/C11H20N4S/c1-7-3-4-9(5-8(7)2)11(13-12)10-6-16-15-14-10/h6-9,11,13H,3-5,12H2,1-2H3. The number of aromatic nitrogens is 2. The van der Waals surface area contributed by atoms with Crippen molar-refractivity contribution in [2.75, 3.05) is 0 Å². The fraction of sp³-hybridized carbons (Fsp3) is 0.818. The Kier molecular flexibility index (Phi) is 3.89. The van der Waals surface area contributed by atoms with Crippen molar-refractivity contribution in [3.8, 4) is 0 Å². The lowest BCUT2D eigenvalue weighted by Crippen LogP contribution is -2.37. The predicted octanol–water partition coefficient (Wildman–Crippen LogP) is 2.11. The molecule has 1 aromatic rings. The molecule has 3 N–H and O–H groups in total. The van der Waals surface area contributed by atoms with Crippen LogP contribution in [-0.2, 0) is 0 Å². The molecule has 4 atom stereocenters. The van der Waals surface area contributed by atoms with Gasteiger partial charge in [0.1, 0.15) is 0 Å². The molecule has 1 aromatic heterocycles. The van der Waals surface area contributed by atoms with E-state index in [4.69, 9.17) is 5.84 Å². The molecule has 0 bridgehead atoms. The summed E-state index contributed by atoms with van der Waals surface area (Å²) in [6, 6.07) is 0.175. The summed E-state index contributed by atoms with van der Waals surface area (Å²) in [5.41, 5.74) is 3.91. The van der Waals surface area contributed by atoms with Gasteiger partial charge in [-0.3, -0.25) is 11.3 Å². The van der Waals surface area contributed by atoms with Crippen LogP contribution in [0.4, 0.5) is 0 Å². The van der Waals surface area contributed by atoms with Gasteiger partial charge in [0.15, 0.2) is 0 Å². The number of nitrogens with two attached hydrogens (primary N) is 1. The maximum Gasteiger partial charge on any atom is 0.0941 e. The van der Waals surface area contributed by atoms with E-state index < -0.39 is 0 Å². The van der Waals surface area contributed by atoms with Crippen LogP contribution < -0.4 is 11.3 Å². The molecule has 0 aliphatic heterocycles. The highest BCUT2D eigenvalue weighted by Gasteiger charge is 2.31. The summed E-state index contributed by atoms with van der Waals surface area (Å²) in [7, 11) is 0. The summed E-state index contributed by atoms with van der Waals surface area (Å²) in [6.07, 6.45) is 3.76. The largest absolute Gasteiger partial charge is 0.271 e. The van der Waals surface area contributed by atoms with E-state index in [2.05, 4.69) is 28.9 Å². The first-order valence-electron chi connectivity index (χ1n) is 5.95. The Bertz CT molecular complexity index is 314. The van der Waals surface area contributed by atoms with Gasteiger partial charge in [-0.25, -0.2) is 0 Å². The van der Waals surface area contributed by atoms with Crippen molar-refractivity contribution < 1.29 is 0 Å². The lowest BCUT2D eigenvalue weighted by molar-refractivity contribution is 0.169. The predicted molar refractivity (Wildman–Crippen MR) is 65.6 cm³/mol. The van der Waals surface area contributed by atoms with Gasteiger partial charge in [-0.2, -0.15) is 0 Å². The minimum absolute atomic E-state index is 0.175. The molecule has 1 saturated carbocycles. The van der Waals surface area contributed by atoms with Gasteiger partial charge in [0.2, 0.25) is 0 Å². The number of hydrogen-bond acceptors (Lipinski definition) is 5.